The Morgan fingerprint density at radius 2 is 0.970 bits per heavy atom. The van der Waals surface area contributed by atoms with Gasteiger partial charge < -0.3 is 14.8 Å². The zero-order valence-corrected chi connectivity index (χ0v) is 40.8. The van der Waals surface area contributed by atoms with Crippen molar-refractivity contribution < 1.29 is 26.3 Å². The minimum atomic E-state index is -3.82. The third-order valence-electron chi connectivity index (χ3n) is 12.6. The van der Waals surface area contributed by atoms with E-state index in [2.05, 4.69) is 20.4 Å². The third-order valence-corrected chi connectivity index (χ3v) is 16.5. The van der Waals surface area contributed by atoms with Crippen molar-refractivity contribution in [3.63, 3.8) is 0 Å². The van der Waals surface area contributed by atoms with Gasteiger partial charge >= 0.3 is 0 Å². The van der Waals surface area contributed by atoms with E-state index in [4.69, 9.17) is 21.1 Å². The number of fused-ring (bicyclic) bond motifs is 2. The van der Waals surface area contributed by atoms with Crippen molar-refractivity contribution in [1.29, 1.82) is 0 Å². The number of rotatable bonds is 7. The molecule has 352 valence electrons. The molecular formula is C50H53Cl3N6O6S2. The summed E-state index contributed by atoms with van der Waals surface area (Å²) in [6.45, 7) is 6.49. The highest BCUT2D eigenvalue weighted by Gasteiger charge is 2.34. The van der Waals surface area contributed by atoms with E-state index in [1.54, 1.807) is 41.1 Å². The van der Waals surface area contributed by atoms with Crippen LogP contribution in [0, 0.1) is 0 Å². The van der Waals surface area contributed by atoms with Gasteiger partial charge in [0.2, 0.25) is 19.7 Å². The van der Waals surface area contributed by atoms with E-state index in [1.807, 2.05) is 89.6 Å². The molecule has 4 aliphatic heterocycles. The summed E-state index contributed by atoms with van der Waals surface area (Å²) in [4.78, 5) is 2.99. The lowest BCUT2D eigenvalue weighted by Crippen LogP contribution is -2.42. The van der Waals surface area contributed by atoms with Crippen molar-refractivity contribution >= 4 is 99.4 Å². The van der Waals surface area contributed by atoms with Crippen molar-refractivity contribution in [2.24, 2.45) is 0 Å². The van der Waals surface area contributed by atoms with Crippen LogP contribution in [0.15, 0.2) is 141 Å². The molecular weight excluding hydrogens is 951 g/mol. The van der Waals surface area contributed by atoms with Gasteiger partial charge in [-0.15, -0.1) is 36.4 Å². The number of para-hydroxylation sites is 2. The molecule has 4 aliphatic rings. The molecule has 2 fully saturated rings. The van der Waals surface area contributed by atoms with Gasteiger partial charge in [-0.3, -0.25) is 14.3 Å². The molecule has 0 saturated carbocycles. The number of likely N-dealkylation sites (tertiary alicyclic amines) is 1. The molecule has 2 unspecified atom stereocenters. The first-order valence-electron chi connectivity index (χ1n) is 22.5. The number of ether oxygens (including phenoxy) is 2. The Kier molecular flexibility index (Phi) is 15.0. The van der Waals surface area contributed by atoms with Crippen LogP contribution in [0.5, 0.6) is 11.5 Å². The van der Waals surface area contributed by atoms with Gasteiger partial charge in [-0.2, -0.15) is 10.2 Å². The average molecular weight is 1000 g/mol. The molecule has 0 amide bonds. The maximum absolute atomic E-state index is 13.8. The number of piperidine rings is 2. The molecule has 1 N–H and O–H groups in total. The molecule has 0 aliphatic carbocycles. The number of nitrogens with zero attached hydrogens (tertiary/aromatic N) is 5. The largest absolute Gasteiger partial charge is 0.485 e. The molecule has 6 aromatic carbocycles. The lowest BCUT2D eigenvalue weighted by Gasteiger charge is -2.32. The van der Waals surface area contributed by atoms with Crippen LogP contribution in [-0.4, -0.2) is 92.1 Å². The minimum Gasteiger partial charge on any atom is -0.485 e. The molecule has 2 saturated heterocycles. The van der Waals surface area contributed by atoms with Crippen molar-refractivity contribution in [2.45, 2.75) is 83.7 Å². The molecule has 0 radical (unpaired) electrons. The lowest BCUT2D eigenvalue weighted by atomic mass is 10.1. The predicted octanol–water partition coefficient (Wildman–Crippen LogP) is 9.89. The first-order chi connectivity index (χ1) is 31.7. The van der Waals surface area contributed by atoms with Gasteiger partial charge in [-0.25, -0.2) is 16.8 Å². The fourth-order valence-electron chi connectivity index (χ4n) is 9.50. The Morgan fingerprint density at radius 1 is 0.537 bits per heavy atom. The van der Waals surface area contributed by atoms with Gasteiger partial charge in [0.1, 0.15) is 34.7 Å². The Bertz CT molecular complexity index is 3240. The summed E-state index contributed by atoms with van der Waals surface area (Å²) < 4.78 is 70.4. The lowest BCUT2D eigenvalue weighted by molar-refractivity contribution is 0.0974. The summed E-state index contributed by atoms with van der Waals surface area (Å²) in [5.74, 6) is 1.63. The Hall–Kier alpha value is -4.93. The second kappa shape index (κ2) is 20.7. The van der Waals surface area contributed by atoms with Crippen LogP contribution < -0.4 is 14.8 Å². The molecule has 2 aromatic heterocycles. The summed E-state index contributed by atoms with van der Waals surface area (Å²) in [7, 11) is -7.63. The summed E-state index contributed by atoms with van der Waals surface area (Å²) in [6.07, 6.45) is 7.68. The number of aromatic nitrogens is 4. The average Bonchev–Trinajstić information content (AvgIpc) is 3.93. The number of halogens is 3. The first-order valence-corrected chi connectivity index (χ1v) is 26.0. The number of nitrogens with one attached hydrogen (secondary N) is 1. The smallest absolute Gasteiger partial charge is 0.226 e. The van der Waals surface area contributed by atoms with Crippen molar-refractivity contribution in [2.75, 3.05) is 38.6 Å². The summed E-state index contributed by atoms with van der Waals surface area (Å²) in [6, 6.07) is 36.6. The van der Waals surface area contributed by atoms with Gasteiger partial charge in [-0.1, -0.05) is 97.8 Å². The molecule has 0 bridgehead atoms. The van der Waals surface area contributed by atoms with Crippen LogP contribution in [0.4, 0.5) is 0 Å². The number of alkyl halides is 1. The minimum absolute atomic E-state index is 0. The van der Waals surface area contributed by atoms with E-state index >= 15 is 0 Å². The second-order valence-corrected chi connectivity index (χ2v) is 21.0. The predicted molar refractivity (Wildman–Crippen MR) is 269 cm³/mol. The molecule has 67 heavy (non-hydrogen) atoms. The van der Waals surface area contributed by atoms with Gasteiger partial charge in [-0.05, 0) is 99.0 Å². The molecule has 2 atom stereocenters. The van der Waals surface area contributed by atoms with Crippen LogP contribution in [-0.2, 0) is 32.8 Å². The van der Waals surface area contributed by atoms with Gasteiger partial charge in [0.25, 0.3) is 0 Å². The van der Waals surface area contributed by atoms with E-state index in [9.17, 15) is 16.8 Å². The monoisotopic (exact) mass is 1000 g/mol. The molecule has 17 heteroatoms. The third kappa shape index (κ3) is 9.59. The van der Waals surface area contributed by atoms with Gasteiger partial charge in [0, 0.05) is 28.1 Å². The molecule has 8 aromatic rings. The van der Waals surface area contributed by atoms with Crippen LogP contribution in [0.1, 0.15) is 38.5 Å². The Morgan fingerprint density at radius 3 is 1.45 bits per heavy atom. The normalized spacial score (nSPS) is 18.0. The molecule has 12 rings (SSSR count). The second-order valence-electron chi connectivity index (χ2n) is 17.0. The van der Waals surface area contributed by atoms with Crippen molar-refractivity contribution in [3.05, 3.63) is 121 Å². The van der Waals surface area contributed by atoms with E-state index in [1.165, 1.54) is 51.6 Å². The zero-order valence-electron chi connectivity index (χ0n) is 36.8. The highest BCUT2D eigenvalue weighted by molar-refractivity contribution is 7.92. The van der Waals surface area contributed by atoms with Crippen LogP contribution in [0.25, 0.3) is 43.4 Å². The van der Waals surface area contributed by atoms with Crippen LogP contribution >= 0.6 is 36.4 Å². The summed E-state index contributed by atoms with van der Waals surface area (Å²) >= 11 is 5.96. The van der Waals surface area contributed by atoms with E-state index in [-0.39, 0.29) is 56.9 Å². The highest BCUT2D eigenvalue weighted by atomic mass is 35.5. The van der Waals surface area contributed by atoms with Gasteiger partial charge in [0.15, 0.2) is 10.1 Å². The first kappa shape index (κ1) is 48.5. The Balaban J connectivity index is 0.000000159. The number of hydrogen-bond donors (Lipinski definition) is 1. The maximum atomic E-state index is 13.8. The fourth-order valence-corrected chi connectivity index (χ4v) is 12.9. The van der Waals surface area contributed by atoms with Crippen molar-refractivity contribution in [3.8, 4) is 11.5 Å². The maximum Gasteiger partial charge on any atom is 0.226 e. The van der Waals surface area contributed by atoms with Crippen LogP contribution in [0.3, 0.4) is 0 Å². The van der Waals surface area contributed by atoms with Crippen molar-refractivity contribution in [1.82, 2.24) is 29.8 Å². The summed E-state index contributed by atoms with van der Waals surface area (Å²) in [5.41, 5.74) is 1.46. The van der Waals surface area contributed by atoms with Gasteiger partial charge in [0.05, 0.1) is 28.8 Å². The summed E-state index contributed by atoms with van der Waals surface area (Å²) in [5, 5.41) is 16.9. The van der Waals surface area contributed by atoms with E-state index < -0.39 is 19.7 Å². The Labute approximate surface area is 408 Å². The molecule has 12 nitrogen and oxygen atoms in total. The molecule has 0 spiro atoms. The van der Waals surface area contributed by atoms with Crippen LogP contribution in [0.2, 0.25) is 0 Å². The van der Waals surface area contributed by atoms with E-state index in [0.29, 0.717) is 57.5 Å². The SMILES string of the molecule is C1CCNCC1.Cl.Cl.O=S(=O)(c1cccc2ccccc12)c1nn2c3c(cccc13)OC(CCl)C2.O=S(=O)(c1cccc2ccccc12)c1nn2c3c(cccc13)OC(CN1CCCCC1)C2. The number of benzene rings is 6. The fraction of sp³-hybridized carbons (Fsp3) is 0.320. The number of sulfone groups is 2. The number of hydrogen-bond acceptors (Lipinski definition) is 10. The highest BCUT2D eigenvalue weighted by Crippen LogP contribution is 2.39. The molecule has 6 heterocycles. The zero-order chi connectivity index (χ0) is 44.5. The standard InChI is InChI=1S/C25H25N3O3S.C20H15ClN2O3S.C5H11N.2ClH/c29-32(30,23-13-6-9-18-8-2-3-10-20(18)23)25-21-11-7-12-22-24(21)28(26-25)17-19(31-22)16-27-14-4-1-5-15-27;21-11-14-12-23-19-16(8-4-9-17(19)26-14)20(22-23)27(24,25)18-10-3-6-13-5-1-2-7-15(13)18;1-2-4-6-5-3-1;;/h2-3,6-13,19H,1,4-5,14-17H2;1-10,14H,11-12H2;6H,1-5H2;2*1H. The van der Waals surface area contributed by atoms with E-state index in [0.717, 1.165) is 35.9 Å². The topological polar surface area (TPSA) is 138 Å². The quantitative estimate of drug-likeness (QED) is 0.154.